The van der Waals surface area contributed by atoms with Crippen LogP contribution in [0, 0.1) is 0 Å². The molecule has 0 fully saturated rings. The summed E-state index contributed by atoms with van der Waals surface area (Å²) in [6.45, 7) is 0. The number of hydrogen-bond donors (Lipinski definition) is 1. The van der Waals surface area contributed by atoms with Crippen LogP contribution >= 0.6 is 15.9 Å². The van der Waals surface area contributed by atoms with Crippen LogP contribution in [0.1, 0.15) is 17.3 Å². The summed E-state index contributed by atoms with van der Waals surface area (Å²) in [5.74, 6) is 0. The molecule has 0 amide bonds. The van der Waals surface area contributed by atoms with Gasteiger partial charge in [0.05, 0.1) is 22.4 Å². The average molecular weight is 268 g/mol. The van der Waals surface area contributed by atoms with Gasteiger partial charge in [0, 0.05) is 25.0 Å². The maximum Gasteiger partial charge on any atom is 0.115 e. The van der Waals surface area contributed by atoms with E-state index in [4.69, 9.17) is 5.73 Å². The van der Waals surface area contributed by atoms with Gasteiger partial charge >= 0.3 is 0 Å². The van der Waals surface area contributed by atoms with Gasteiger partial charge in [-0.1, -0.05) is 0 Å². The Morgan fingerprint density at radius 3 is 2.53 bits per heavy atom. The number of nitrogens with zero attached hydrogens (tertiary/aromatic N) is 4. The molecule has 2 heterocycles. The number of aryl methyl sites for hydroxylation is 1. The van der Waals surface area contributed by atoms with Crippen molar-refractivity contribution in [3.05, 3.63) is 40.6 Å². The maximum absolute atomic E-state index is 6.09. The quantitative estimate of drug-likeness (QED) is 0.882. The zero-order valence-corrected chi connectivity index (χ0v) is 9.72. The third kappa shape index (κ3) is 1.91. The predicted octanol–water partition coefficient (Wildman–Crippen LogP) is 1.02. The van der Waals surface area contributed by atoms with Crippen LogP contribution in [-0.2, 0) is 7.05 Å². The minimum Gasteiger partial charge on any atom is -0.319 e. The third-order valence-corrected chi connectivity index (χ3v) is 2.78. The minimum absolute atomic E-state index is 0.270. The van der Waals surface area contributed by atoms with Crippen LogP contribution < -0.4 is 5.73 Å². The molecule has 0 bridgehead atoms. The van der Waals surface area contributed by atoms with Gasteiger partial charge in [-0.05, 0) is 15.9 Å². The van der Waals surface area contributed by atoms with Crippen LogP contribution in [0.25, 0.3) is 0 Å². The summed E-state index contributed by atoms with van der Waals surface area (Å²) < 4.78 is 2.63. The van der Waals surface area contributed by atoms with Gasteiger partial charge in [-0.3, -0.25) is 4.68 Å². The highest BCUT2D eigenvalue weighted by atomic mass is 79.9. The summed E-state index contributed by atoms with van der Waals surface area (Å²) in [6, 6.07) is -0.270. The van der Waals surface area contributed by atoms with E-state index in [1.807, 2.05) is 7.05 Å². The van der Waals surface area contributed by atoms with Gasteiger partial charge in [-0.25, -0.2) is 9.97 Å². The van der Waals surface area contributed by atoms with Crippen molar-refractivity contribution >= 4 is 15.9 Å². The number of aromatic nitrogens is 4. The molecule has 0 radical (unpaired) electrons. The standard InChI is InChI=1S/C9H10BrN5/c1-15-9(7(10)4-14-15)8(11)6-2-12-5-13-3-6/h2-5,8H,11H2,1H3. The van der Waals surface area contributed by atoms with Crippen molar-refractivity contribution in [2.24, 2.45) is 12.8 Å². The normalized spacial score (nSPS) is 12.7. The Labute approximate surface area is 95.5 Å². The summed E-state index contributed by atoms with van der Waals surface area (Å²) >= 11 is 3.41. The van der Waals surface area contributed by atoms with E-state index in [-0.39, 0.29) is 6.04 Å². The zero-order chi connectivity index (χ0) is 10.8. The van der Waals surface area contributed by atoms with E-state index >= 15 is 0 Å². The molecule has 1 atom stereocenters. The van der Waals surface area contributed by atoms with Crippen LogP contribution in [0.3, 0.4) is 0 Å². The first-order valence-electron chi connectivity index (χ1n) is 4.38. The highest BCUT2D eigenvalue weighted by Crippen LogP contribution is 2.24. The van der Waals surface area contributed by atoms with Crippen molar-refractivity contribution in [3.8, 4) is 0 Å². The molecule has 6 heteroatoms. The van der Waals surface area contributed by atoms with Crippen LogP contribution in [0.2, 0.25) is 0 Å². The smallest absolute Gasteiger partial charge is 0.115 e. The van der Waals surface area contributed by atoms with E-state index in [1.54, 1.807) is 23.3 Å². The Hall–Kier alpha value is -1.27. The van der Waals surface area contributed by atoms with E-state index in [0.29, 0.717) is 0 Å². The molecule has 0 aliphatic rings. The molecule has 0 saturated carbocycles. The molecular formula is C9H10BrN5. The van der Waals surface area contributed by atoms with Gasteiger partial charge in [0.1, 0.15) is 6.33 Å². The van der Waals surface area contributed by atoms with E-state index < -0.39 is 0 Å². The van der Waals surface area contributed by atoms with E-state index in [0.717, 1.165) is 15.7 Å². The first-order valence-corrected chi connectivity index (χ1v) is 5.17. The van der Waals surface area contributed by atoms with E-state index in [2.05, 4.69) is 31.0 Å². The molecule has 2 rings (SSSR count). The first kappa shape index (κ1) is 10.3. The van der Waals surface area contributed by atoms with Crippen LogP contribution in [-0.4, -0.2) is 19.7 Å². The SMILES string of the molecule is Cn1ncc(Br)c1C(N)c1cncnc1. The van der Waals surface area contributed by atoms with Crippen molar-refractivity contribution < 1.29 is 0 Å². The van der Waals surface area contributed by atoms with Gasteiger partial charge in [0.25, 0.3) is 0 Å². The Balaban J connectivity index is 2.41. The Morgan fingerprint density at radius 2 is 2.00 bits per heavy atom. The second-order valence-corrected chi connectivity index (χ2v) is 4.01. The molecule has 5 nitrogen and oxygen atoms in total. The van der Waals surface area contributed by atoms with Gasteiger partial charge in [-0.2, -0.15) is 5.10 Å². The van der Waals surface area contributed by atoms with Crippen LogP contribution in [0.5, 0.6) is 0 Å². The van der Waals surface area contributed by atoms with Gasteiger partial charge < -0.3 is 5.73 Å². The van der Waals surface area contributed by atoms with Crippen molar-refractivity contribution in [3.63, 3.8) is 0 Å². The van der Waals surface area contributed by atoms with Gasteiger partial charge in [0.15, 0.2) is 0 Å². The number of rotatable bonds is 2. The first-order chi connectivity index (χ1) is 7.20. The summed E-state index contributed by atoms with van der Waals surface area (Å²) in [5, 5.41) is 4.11. The second-order valence-electron chi connectivity index (χ2n) is 3.15. The Morgan fingerprint density at radius 1 is 1.33 bits per heavy atom. The summed E-state index contributed by atoms with van der Waals surface area (Å²) in [7, 11) is 1.85. The molecule has 0 spiro atoms. The molecule has 2 N–H and O–H groups in total. The van der Waals surface area contributed by atoms with E-state index in [9.17, 15) is 0 Å². The lowest BCUT2D eigenvalue weighted by atomic mass is 10.1. The van der Waals surface area contributed by atoms with Crippen LogP contribution in [0.15, 0.2) is 29.4 Å². The predicted molar refractivity (Wildman–Crippen MR) is 59.0 cm³/mol. The molecule has 0 aliphatic carbocycles. The molecule has 1 unspecified atom stereocenters. The highest BCUT2D eigenvalue weighted by molar-refractivity contribution is 9.10. The molecule has 2 aromatic rings. The molecule has 0 aromatic carbocycles. The summed E-state index contributed by atoms with van der Waals surface area (Å²) in [5.41, 5.74) is 7.86. The van der Waals surface area contributed by atoms with Crippen LogP contribution in [0.4, 0.5) is 0 Å². The van der Waals surface area contributed by atoms with Gasteiger partial charge in [-0.15, -0.1) is 0 Å². The van der Waals surface area contributed by atoms with Crippen molar-refractivity contribution in [1.82, 2.24) is 19.7 Å². The average Bonchev–Trinajstić information content (AvgIpc) is 2.59. The number of hydrogen-bond acceptors (Lipinski definition) is 4. The number of nitrogens with two attached hydrogens (primary N) is 1. The lowest BCUT2D eigenvalue weighted by Crippen LogP contribution is -2.16. The summed E-state index contributed by atoms with van der Waals surface area (Å²) in [6.07, 6.45) is 6.61. The largest absolute Gasteiger partial charge is 0.319 e. The highest BCUT2D eigenvalue weighted by Gasteiger charge is 2.16. The summed E-state index contributed by atoms with van der Waals surface area (Å²) in [4.78, 5) is 7.88. The molecule has 0 saturated heterocycles. The monoisotopic (exact) mass is 267 g/mol. The Kier molecular flexibility index (Phi) is 2.79. The third-order valence-electron chi connectivity index (χ3n) is 2.17. The molecular weight excluding hydrogens is 258 g/mol. The molecule has 2 aromatic heterocycles. The zero-order valence-electron chi connectivity index (χ0n) is 8.13. The van der Waals surface area contributed by atoms with E-state index in [1.165, 1.54) is 6.33 Å². The van der Waals surface area contributed by atoms with Crippen molar-refractivity contribution in [1.29, 1.82) is 0 Å². The molecule has 78 valence electrons. The topological polar surface area (TPSA) is 69.6 Å². The van der Waals surface area contributed by atoms with Gasteiger partial charge in [0.2, 0.25) is 0 Å². The van der Waals surface area contributed by atoms with Crippen molar-refractivity contribution in [2.75, 3.05) is 0 Å². The lowest BCUT2D eigenvalue weighted by Gasteiger charge is -2.12. The van der Waals surface area contributed by atoms with Crippen molar-refractivity contribution in [2.45, 2.75) is 6.04 Å². The molecule has 0 aliphatic heterocycles. The lowest BCUT2D eigenvalue weighted by molar-refractivity contribution is 0.668. The molecule has 15 heavy (non-hydrogen) atoms. The fraction of sp³-hybridized carbons (Fsp3) is 0.222. The fourth-order valence-corrected chi connectivity index (χ4v) is 1.99. The Bertz CT molecular complexity index is 433. The minimum atomic E-state index is -0.270. The number of halogens is 1. The fourth-order valence-electron chi connectivity index (χ4n) is 1.40. The maximum atomic E-state index is 6.09. The second kappa shape index (κ2) is 4.08.